The number of benzene rings is 2. The second-order valence-corrected chi connectivity index (χ2v) is 6.29. The van der Waals surface area contributed by atoms with Crippen molar-refractivity contribution in [1.82, 2.24) is 0 Å². The lowest BCUT2D eigenvalue weighted by Gasteiger charge is -2.07. The molecule has 0 radical (unpaired) electrons. The predicted octanol–water partition coefficient (Wildman–Crippen LogP) is 2.46. The number of ether oxygens (including phenoxy) is 1. The Morgan fingerprint density at radius 1 is 0.955 bits per heavy atom. The molecular weight excluding hydrogens is 304 g/mol. The van der Waals surface area contributed by atoms with E-state index in [1.807, 2.05) is 0 Å². The van der Waals surface area contributed by atoms with Crippen LogP contribution in [0.1, 0.15) is 15.9 Å². The number of aldehydes is 1. The van der Waals surface area contributed by atoms with E-state index in [9.17, 15) is 13.2 Å². The van der Waals surface area contributed by atoms with Gasteiger partial charge in [0, 0.05) is 12.0 Å². The Hall–Kier alpha value is -2.34. The zero-order valence-electron chi connectivity index (χ0n) is 12.1. The van der Waals surface area contributed by atoms with Crippen LogP contribution in [0.15, 0.2) is 48.5 Å². The van der Waals surface area contributed by atoms with Crippen molar-refractivity contribution in [1.29, 1.82) is 0 Å². The normalized spacial score (nSPS) is 11.0. The Kier molecular flexibility index (Phi) is 5.16. The molecule has 116 valence electrons. The maximum absolute atomic E-state index is 11.0. The Morgan fingerprint density at radius 2 is 1.55 bits per heavy atom. The number of hydrogen-bond acceptors (Lipinski definition) is 5. The maximum atomic E-state index is 11.0. The molecule has 0 N–H and O–H groups in total. The van der Waals surface area contributed by atoms with E-state index in [2.05, 4.69) is 0 Å². The summed E-state index contributed by atoms with van der Waals surface area (Å²) in [7, 11) is -3.50. The number of rotatable bonds is 7. The summed E-state index contributed by atoms with van der Waals surface area (Å²) in [5.74, 6) is 0.985. The first kappa shape index (κ1) is 16.0. The van der Waals surface area contributed by atoms with Gasteiger partial charge in [-0.3, -0.25) is 4.79 Å². The molecule has 0 aromatic heterocycles. The summed E-state index contributed by atoms with van der Waals surface area (Å²) in [6, 6.07) is 13.7. The Bertz CT molecular complexity index is 718. The molecule has 0 fully saturated rings. The molecule has 0 atom stereocenters. The van der Waals surface area contributed by atoms with E-state index >= 15 is 0 Å². The third kappa shape index (κ3) is 5.21. The van der Waals surface area contributed by atoms with E-state index in [4.69, 9.17) is 8.92 Å². The fraction of sp³-hybridized carbons (Fsp3) is 0.188. The molecular formula is C16H16O5S. The molecule has 2 rings (SSSR count). The van der Waals surface area contributed by atoms with E-state index < -0.39 is 10.1 Å². The summed E-state index contributed by atoms with van der Waals surface area (Å²) in [4.78, 5) is 10.5. The van der Waals surface area contributed by atoms with Gasteiger partial charge in [-0.05, 0) is 42.0 Å². The highest BCUT2D eigenvalue weighted by atomic mass is 32.2. The van der Waals surface area contributed by atoms with Crippen molar-refractivity contribution in [2.24, 2.45) is 0 Å². The molecule has 0 bridgehead atoms. The lowest BCUT2D eigenvalue weighted by Crippen LogP contribution is -2.06. The third-order valence-electron chi connectivity index (χ3n) is 2.85. The second kappa shape index (κ2) is 7.09. The van der Waals surface area contributed by atoms with Crippen molar-refractivity contribution in [3.63, 3.8) is 0 Å². The van der Waals surface area contributed by atoms with Crippen LogP contribution in [0.2, 0.25) is 0 Å². The van der Waals surface area contributed by atoms with Crippen LogP contribution in [-0.2, 0) is 16.5 Å². The van der Waals surface area contributed by atoms with E-state index in [0.29, 0.717) is 24.3 Å². The van der Waals surface area contributed by atoms with Crippen molar-refractivity contribution >= 4 is 16.4 Å². The summed E-state index contributed by atoms with van der Waals surface area (Å²) in [5.41, 5.74) is 1.61. The molecule has 6 heteroatoms. The monoisotopic (exact) mass is 320 g/mol. The van der Waals surface area contributed by atoms with Crippen LogP contribution in [-0.4, -0.2) is 27.6 Å². The summed E-state index contributed by atoms with van der Waals surface area (Å²) in [6.07, 6.45) is 2.46. The molecule has 0 aliphatic heterocycles. The molecule has 2 aromatic rings. The number of hydrogen-bond donors (Lipinski definition) is 0. The zero-order chi connectivity index (χ0) is 16.0. The minimum atomic E-state index is -3.50. The maximum Gasteiger partial charge on any atom is 0.306 e. The number of carbonyl (C=O) groups is 1. The van der Waals surface area contributed by atoms with E-state index in [0.717, 1.165) is 18.1 Å². The van der Waals surface area contributed by atoms with Gasteiger partial charge in [0.15, 0.2) is 0 Å². The van der Waals surface area contributed by atoms with E-state index in [1.165, 1.54) is 0 Å². The van der Waals surface area contributed by atoms with Crippen molar-refractivity contribution in [2.45, 2.75) is 6.42 Å². The Balaban J connectivity index is 1.85. The molecule has 0 aliphatic carbocycles. The minimum absolute atomic E-state index is 0.289. The summed E-state index contributed by atoms with van der Waals surface area (Å²) in [5, 5.41) is 0. The standard InChI is InChI=1S/C16H16O5S/c1-22(18,19)21-16-8-2-13(3-9-16)10-11-20-15-6-4-14(12-17)5-7-15/h2-9,12H,10-11H2,1H3. The molecule has 0 saturated carbocycles. The van der Waals surface area contributed by atoms with Gasteiger partial charge in [0.2, 0.25) is 0 Å². The van der Waals surface area contributed by atoms with Crippen LogP contribution in [0.25, 0.3) is 0 Å². The van der Waals surface area contributed by atoms with Gasteiger partial charge in [-0.2, -0.15) is 8.42 Å². The molecule has 2 aromatic carbocycles. The third-order valence-corrected chi connectivity index (χ3v) is 3.34. The van der Waals surface area contributed by atoms with Gasteiger partial charge >= 0.3 is 10.1 Å². The second-order valence-electron chi connectivity index (χ2n) is 4.72. The molecule has 22 heavy (non-hydrogen) atoms. The minimum Gasteiger partial charge on any atom is -0.493 e. The molecule has 0 saturated heterocycles. The van der Waals surface area contributed by atoms with Crippen LogP contribution in [0.4, 0.5) is 0 Å². The largest absolute Gasteiger partial charge is 0.493 e. The fourth-order valence-corrected chi connectivity index (χ4v) is 2.28. The van der Waals surface area contributed by atoms with Gasteiger partial charge in [0.05, 0.1) is 12.9 Å². The van der Waals surface area contributed by atoms with Gasteiger partial charge in [0.1, 0.15) is 17.8 Å². The lowest BCUT2D eigenvalue weighted by molar-refractivity contribution is 0.112. The first-order chi connectivity index (χ1) is 10.5. The van der Waals surface area contributed by atoms with Crippen molar-refractivity contribution in [2.75, 3.05) is 12.9 Å². The first-order valence-corrected chi connectivity index (χ1v) is 8.44. The molecule has 0 spiro atoms. The quantitative estimate of drug-likeness (QED) is 0.579. The first-order valence-electron chi connectivity index (χ1n) is 6.63. The van der Waals surface area contributed by atoms with Gasteiger partial charge in [-0.15, -0.1) is 0 Å². The van der Waals surface area contributed by atoms with Crippen molar-refractivity contribution in [3.8, 4) is 11.5 Å². The van der Waals surface area contributed by atoms with Crippen molar-refractivity contribution in [3.05, 3.63) is 59.7 Å². The van der Waals surface area contributed by atoms with Crippen molar-refractivity contribution < 1.29 is 22.1 Å². The number of carbonyl (C=O) groups excluding carboxylic acids is 1. The predicted molar refractivity (Wildman–Crippen MR) is 82.9 cm³/mol. The summed E-state index contributed by atoms with van der Waals surface area (Å²) < 4.78 is 32.3. The molecule has 0 amide bonds. The van der Waals surface area contributed by atoms with Crippen LogP contribution in [0.3, 0.4) is 0 Å². The Labute approximate surface area is 129 Å². The highest BCUT2D eigenvalue weighted by Crippen LogP contribution is 2.15. The van der Waals surface area contributed by atoms with Gasteiger partial charge in [0.25, 0.3) is 0 Å². The molecule has 0 aliphatic rings. The van der Waals surface area contributed by atoms with Crippen LogP contribution < -0.4 is 8.92 Å². The highest BCUT2D eigenvalue weighted by molar-refractivity contribution is 7.86. The van der Waals surface area contributed by atoms with Crippen LogP contribution in [0, 0.1) is 0 Å². The van der Waals surface area contributed by atoms with Gasteiger partial charge in [-0.25, -0.2) is 0 Å². The summed E-state index contributed by atoms with van der Waals surface area (Å²) in [6.45, 7) is 0.479. The van der Waals surface area contributed by atoms with Gasteiger partial charge in [-0.1, -0.05) is 12.1 Å². The Morgan fingerprint density at radius 3 is 2.09 bits per heavy atom. The summed E-state index contributed by atoms with van der Waals surface area (Å²) >= 11 is 0. The molecule has 0 unspecified atom stereocenters. The van der Waals surface area contributed by atoms with E-state index in [-0.39, 0.29) is 5.75 Å². The van der Waals surface area contributed by atoms with E-state index in [1.54, 1.807) is 48.5 Å². The SMILES string of the molecule is CS(=O)(=O)Oc1ccc(CCOc2ccc(C=O)cc2)cc1. The average Bonchev–Trinajstić information content (AvgIpc) is 2.48. The van der Waals surface area contributed by atoms with Gasteiger partial charge < -0.3 is 8.92 Å². The van der Waals surface area contributed by atoms with Crippen LogP contribution in [0.5, 0.6) is 11.5 Å². The lowest BCUT2D eigenvalue weighted by atomic mass is 10.1. The topological polar surface area (TPSA) is 69.7 Å². The zero-order valence-corrected chi connectivity index (χ0v) is 12.9. The smallest absolute Gasteiger partial charge is 0.306 e. The fourth-order valence-electron chi connectivity index (χ4n) is 1.82. The van der Waals surface area contributed by atoms with Crippen LogP contribution >= 0.6 is 0 Å². The average molecular weight is 320 g/mol. The highest BCUT2D eigenvalue weighted by Gasteiger charge is 2.04. The molecule has 0 heterocycles. The molecule has 5 nitrogen and oxygen atoms in total.